The molecule has 94 valence electrons. The summed E-state index contributed by atoms with van der Waals surface area (Å²) in [6, 6.07) is 0.292. The van der Waals surface area contributed by atoms with E-state index in [1.165, 1.54) is 0 Å². The number of rotatable bonds is 3. The largest absolute Gasteiger partial charge is 0.337 e. The number of aryl methyl sites for hydroxylation is 1. The van der Waals surface area contributed by atoms with Crippen LogP contribution in [-0.4, -0.2) is 41.5 Å². The molecule has 1 aliphatic rings. The molecule has 1 fully saturated rings. The molecule has 0 aromatic carbocycles. The number of thiazole rings is 1. The van der Waals surface area contributed by atoms with Crippen molar-refractivity contribution in [3.05, 3.63) is 16.1 Å². The topological polar surface area (TPSA) is 45.2 Å². The van der Waals surface area contributed by atoms with Gasteiger partial charge in [0.15, 0.2) is 0 Å². The van der Waals surface area contributed by atoms with Crippen LogP contribution in [0, 0.1) is 0 Å². The van der Waals surface area contributed by atoms with Gasteiger partial charge < -0.3 is 10.2 Å². The van der Waals surface area contributed by atoms with E-state index in [4.69, 9.17) is 0 Å². The molecule has 1 saturated heterocycles. The molecule has 4 nitrogen and oxygen atoms in total. The van der Waals surface area contributed by atoms with E-state index in [0.29, 0.717) is 12.5 Å². The van der Waals surface area contributed by atoms with E-state index in [2.05, 4.69) is 24.1 Å². The summed E-state index contributed by atoms with van der Waals surface area (Å²) in [6.45, 7) is 6.77. The van der Waals surface area contributed by atoms with Crippen molar-refractivity contribution in [1.29, 1.82) is 0 Å². The summed E-state index contributed by atoms with van der Waals surface area (Å²) in [4.78, 5) is 18.5. The molecule has 1 amide bonds. The van der Waals surface area contributed by atoms with E-state index in [1.54, 1.807) is 11.3 Å². The Morgan fingerprint density at radius 3 is 3.18 bits per heavy atom. The van der Waals surface area contributed by atoms with Crippen LogP contribution in [0.2, 0.25) is 0 Å². The van der Waals surface area contributed by atoms with Crippen LogP contribution in [0.15, 0.2) is 5.38 Å². The second kappa shape index (κ2) is 5.60. The Bertz CT molecular complexity index is 391. The number of amides is 1. The summed E-state index contributed by atoms with van der Waals surface area (Å²) in [5.41, 5.74) is 0.919. The number of carbonyl (C=O) groups excluding carboxylic acids is 1. The minimum Gasteiger partial charge on any atom is -0.337 e. The monoisotopic (exact) mass is 253 g/mol. The van der Waals surface area contributed by atoms with Gasteiger partial charge in [0.25, 0.3) is 0 Å². The highest BCUT2D eigenvalue weighted by Crippen LogP contribution is 2.13. The van der Waals surface area contributed by atoms with Crippen LogP contribution in [-0.2, 0) is 17.6 Å². The molecule has 0 spiro atoms. The van der Waals surface area contributed by atoms with Crippen LogP contribution in [0.3, 0.4) is 0 Å². The van der Waals surface area contributed by atoms with E-state index in [9.17, 15) is 4.79 Å². The van der Waals surface area contributed by atoms with E-state index in [1.807, 2.05) is 10.3 Å². The first-order valence-corrected chi connectivity index (χ1v) is 7.02. The zero-order chi connectivity index (χ0) is 12.3. The fourth-order valence-electron chi connectivity index (χ4n) is 2.06. The minimum atomic E-state index is 0.201. The summed E-state index contributed by atoms with van der Waals surface area (Å²) < 4.78 is 0. The van der Waals surface area contributed by atoms with Gasteiger partial charge in [-0.05, 0) is 13.3 Å². The number of nitrogens with zero attached hydrogens (tertiary/aromatic N) is 2. The van der Waals surface area contributed by atoms with Crippen molar-refractivity contribution in [2.24, 2.45) is 0 Å². The van der Waals surface area contributed by atoms with E-state index >= 15 is 0 Å². The lowest BCUT2D eigenvalue weighted by Gasteiger charge is -2.33. The average Bonchev–Trinajstić information content (AvgIpc) is 2.77. The average molecular weight is 253 g/mol. The lowest BCUT2D eigenvalue weighted by atomic mass is 10.2. The van der Waals surface area contributed by atoms with Gasteiger partial charge in [0.2, 0.25) is 5.91 Å². The first-order valence-electron chi connectivity index (χ1n) is 6.14. The third kappa shape index (κ3) is 3.04. The molecular weight excluding hydrogens is 234 g/mol. The molecule has 2 rings (SSSR count). The third-order valence-corrected chi connectivity index (χ3v) is 4.10. The Hall–Kier alpha value is -0.940. The van der Waals surface area contributed by atoms with Crippen LogP contribution in [0.5, 0.6) is 0 Å². The summed E-state index contributed by atoms with van der Waals surface area (Å²) in [5.74, 6) is 0.201. The van der Waals surface area contributed by atoms with E-state index in [0.717, 1.165) is 36.8 Å². The van der Waals surface area contributed by atoms with Crippen molar-refractivity contribution < 1.29 is 4.79 Å². The van der Waals surface area contributed by atoms with Gasteiger partial charge in [0, 0.05) is 31.1 Å². The Balaban J connectivity index is 1.95. The summed E-state index contributed by atoms with van der Waals surface area (Å²) in [7, 11) is 0. The Kier molecular flexibility index (Phi) is 4.12. The fourth-order valence-corrected chi connectivity index (χ4v) is 2.81. The molecule has 0 bridgehead atoms. The van der Waals surface area contributed by atoms with Crippen molar-refractivity contribution in [3.8, 4) is 0 Å². The smallest absolute Gasteiger partial charge is 0.228 e. The zero-order valence-electron chi connectivity index (χ0n) is 10.4. The lowest BCUT2D eigenvalue weighted by molar-refractivity contribution is -0.133. The van der Waals surface area contributed by atoms with Crippen LogP contribution in [0.25, 0.3) is 0 Å². The summed E-state index contributed by atoms with van der Waals surface area (Å²) in [6.07, 6.45) is 1.39. The van der Waals surface area contributed by atoms with Crippen molar-refractivity contribution in [2.75, 3.05) is 19.6 Å². The summed E-state index contributed by atoms with van der Waals surface area (Å²) in [5, 5.41) is 6.40. The van der Waals surface area contributed by atoms with Gasteiger partial charge in [-0.25, -0.2) is 4.98 Å². The van der Waals surface area contributed by atoms with Gasteiger partial charge in [-0.1, -0.05) is 6.92 Å². The molecule has 2 heterocycles. The maximum Gasteiger partial charge on any atom is 0.228 e. The second-order valence-electron chi connectivity index (χ2n) is 4.40. The number of hydrogen-bond acceptors (Lipinski definition) is 4. The number of aromatic nitrogens is 1. The van der Waals surface area contributed by atoms with Crippen LogP contribution >= 0.6 is 11.3 Å². The molecular formula is C12H19N3OS. The van der Waals surface area contributed by atoms with Crippen LogP contribution in [0.4, 0.5) is 0 Å². The predicted molar refractivity (Wildman–Crippen MR) is 69.2 cm³/mol. The lowest BCUT2D eigenvalue weighted by Crippen LogP contribution is -2.52. The zero-order valence-corrected chi connectivity index (χ0v) is 11.2. The van der Waals surface area contributed by atoms with Crippen molar-refractivity contribution >= 4 is 17.2 Å². The molecule has 1 atom stereocenters. The van der Waals surface area contributed by atoms with Gasteiger partial charge in [-0.15, -0.1) is 11.3 Å². The first kappa shape index (κ1) is 12.5. The number of carbonyl (C=O) groups is 1. The van der Waals surface area contributed by atoms with Gasteiger partial charge in [0.1, 0.15) is 0 Å². The van der Waals surface area contributed by atoms with Crippen molar-refractivity contribution in [2.45, 2.75) is 32.7 Å². The molecule has 17 heavy (non-hydrogen) atoms. The second-order valence-corrected chi connectivity index (χ2v) is 5.35. The quantitative estimate of drug-likeness (QED) is 0.876. The molecule has 0 aliphatic carbocycles. The highest BCUT2D eigenvalue weighted by molar-refractivity contribution is 7.09. The molecule has 1 aliphatic heterocycles. The first-order chi connectivity index (χ1) is 8.20. The van der Waals surface area contributed by atoms with E-state index < -0.39 is 0 Å². The molecule has 5 heteroatoms. The number of piperazine rings is 1. The molecule has 0 radical (unpaired) electrons. The molecule has 1 aromatic rings. The number of nitrogens with one attached hydrogen (secondary N) is 1. The van der Waals surface area contributed by atoms with Crippen LogP contribution in [0.1, 0.15) is 24.5 Å². The maximum absolute atomic E-state index is 12.1. The Morgan fingerprint density at radius 1 is 1.71 bits per heavy atom. The molecule has 0 saturated carbocycles. The normalized spacial score (nSPS) is 20.6. The van der Waals surface area contributed by atoms with Crippen molar-refractivity contribution in [3.63, 3.8) is 0 Å². The van der Waals surface area contributed by atoms with Gasteiger partial charge in [-0.3, -0.25) is 4.79 Å². The molecule has 1 unspecified atom stereocenters. The fraction of sp³-hybridized carbons (Fsp3) is 0.667. The summed E-state index contributed by atoms with van der Waals surface area (Å²) >= 11 is 1.64. The highest BCUT2D eigenvalue weighted by Gasteiger charge is 2.23. The molecule has 1 N–H and O–H groups in total. The SMILES string of the molecule is CCc1nc(CC(=O)N2CCNCC2C)cs1. The maximum atomic E-state index is 12.1. The Morgan fingerprint density at radius 2 is 2.53 bits per heavy atom. The standard InChI is InChI=1S/C12H19N3OS/c1-3-11-14-10(8-17-11)6-12(16)15-5-4-13-7-9(15)2/h8-9,13H,3-7H2,1-2H3. The minimum absolute atomic E-state index is 0.201. The van der Waals surface area contributed by atoms with Gasteiger partial charge in [0.05, 0.1) is 17.1 Å². The van der Waals surface area contributed by atoms with Gasteiger partial charge >= 0.3 is 0 Å². The van der Waals surface area contributed by atoms with Gasteiger partial charge in [-0.2, -0.15) is 0 Å². The highest BCUT2D eigenvalue weighted by atomic mass is 32.1. The molecule has 1 aromatic heterocycles. The van der Waals surface area contributed by atoms with Crippen molar-refractivity contribution in [1.82, 2.24) is 15.2 Å². The van der Waals surface area contributed by atoms with E-state index in [-0.39, 0.29) is 5.91 Å². The number of hydrogen-bond donors (Lipinski definition) is 1. The predicted octanol–water partition coefficient (Wildman–Crippen LogP) is 1.07. The van der Waals surface area contributed by atoms with Crippen LogP contribution < -0.4 is 5.32 Å². The Labute approximate surface area is 106 Å². The third-order valence-electron chi connectivity index (χ3n) is 3.06.